The minimum absolute atomic E-state index is 0.272. The second-order valence-corrected chi connectivity index (χ2v) is 7.39. The van der Waals surface area contributed by atoms with Gasteiger partial charge in [-0.3, -0.25) is 20.4 Å². The highest BCUT2D eigenvalue weighted by atomic mass is 35.5. The van der Waals surface area contributed by atoms with Crippen LogP contribution in [0, 0.1) is 12.8 Å². The summed E-state index contributed by atoms with van der Waals surface area (Å²) in [5.41, 5.74) is 5.72. The van der Waals surface area contributed by atoms with Crippen LogP contribution in [0.4, 0.5) is 0 Å². The van der Waals surface area contributed by atoms with Gasteiger partial charge < -0.3 is 4.74 Å². The number of thiazole rings is 1. The van der Waals surface area contributed by atoms with Crippen molar-refractivity contribution in [3.8, 4) is 5.75 Å². The first kappa shape index (κ1) is 19.2. The molecule has 8 heteroatoms. The summed E-state index contributed by atoms with van der Waals surface area (Å²) in [5, 5.41) is 1.36. The first-order valence-electron chi connectivity index (χ1n) is 7.72. The van der Waals surface area contributed by atoms with E-state index in [0.717, 1.165) is 11.4 Å². The summed E-state index contributed by atoms with van der Waals surface area (Å²) in [4.78, 5) is 29.4. The van der Waals surface area contributed by atoms with E-state index in [1.54, 1.807) is 13.0 Å². The van der Waals surface area contributed by atoms with Crippen molar-refractivity contribution < 1.29 is 14.3 Å². The van der Waals surface area contributed by atoms with Crippen molar-refractivity contribution in [3.05, 3.63) is 44.4 Å². The number of ether oxygens (including phenoxy) is 1. The number of halogens is 1. The van der Waals surface area contributed by atoms with Crippen molar-refractivity contribution in [1.29, 1.82) is 0 Å². The average Bonchev–Trinajstić information content (AvgIpc) is 2.91. The van der Waals surface area contributed by atoms with Crippen LogP contribution in [0.15, 0.2) is 18.2 Å². The number of rotatable bonds is 5. The number of aryl methyl sites for hydroxylation is 1. The molecule has 2 amide bonds. The Morgan fingerprint density at radius 3 is 2.60 bits per heavy atom. The van der Waals surface area contributed by atoms with Crippen molar-refractivity contribution in [2.75, 3.05) is 7.11 Å². The lowest BCUT2D eigenvalue weighted by Gasteiger charge is -2.10. The molecule has 0 unspecified atom stereocenters. The Morgan fingerprint density at radius 1 is 1.28 bits per heavy atom. The monoisotopic (exact) mass is 381 g/mol. The van der Waals surface area contributed by atoms with Crippen molar-refractivity contribution in [3.63, 3.8) is 0 Å². The van der Waals surface area contributed by atoms with Crippen LogP contribution in [0.5, 0.6) is 5.75 Å². The Labute approximate surface area is 155 Å². The highest BCUT2D eigenvalue weighted by Gasteiger charge is 2.18. The molecular weight excluding hydrogens is 362 g/mol. The Balaban J connectivity index is 2.05. The van der Waals surface area contributed by atoms with E-state index in [4.69, 9.17) is 16.3 Å². The summed E-state index contributed by atoms with van der Waals surface area (Å²) in [7, 11) is 1.44. The molecule has 0 saturated carbocycles. The number of nitrogens with zero attached hydrogens (tertiary/aromatic N) is 1. The Kier molecular flexibility index (Phi) is 6.39. The number of hydrogen-bond acceptors (Lipinski definition) is 5. The lowest BCUT2D eigenvalue weighted by Crippen LogP contribution is -2.41. The Morgan fingerprint density at radius 2 is 1.96 bits per heavy atom. The van der Waals surface area contributed by atoms with Gasteiger partial charge in [0.15, 0.2) is 0 Å². The smallest absolute Gasteiger partial charge is 0.281 e. The van der Waals surface area contributed by atoms with Gasteiger partial charge in [-0.25, -0.2) is 4.98 Å². The van der Waals surface area contributed by atoms with Crippen molar-refractivity contribution in [2.45, 2.75) is 27.2 Å². The molecule has 25 heavy (non-hydrogen) atoms. The number of aromatic nitrogens is 1. The van der Waals surface area contributed by atoms with E-state index >= 15 is 0 Å². The van der Waals surface area contributed by atoms with E-state index in [2.05, 4.69) is 29.7 Å². The molecule has 0 aliphatic rings. The largest absolute Gasteiger partial charge is 0.496 e. The molecule has 0 aliphatic heterocycles. The summed E-state index contributed by atoms with van der Waals surface area (Å²) in [6.07, 6.45) is 0.813. The molecule has 134 valence electrons. The van der Waals surface area contributed by atoms with Crippen LogP contribution >= 0.6 is 22.9 Å². The van der Waals surface area contributed by atoms with Crippen LogP contribution < -0.4 is 15.6 Å². The van der Waals surface area contributed by atoms with Gasteiger partial charge in [0.25, 0.3) is 11.8 Å². The Bertz CT molecular complexity index is 789. The quantitative estimate of drug-likeness (QED) is 0.778. The summed E-state index contributed by atoms with van der Waals surface area (Å²) in [6.45, 7) is 5.96. The molecule has 2 aromatic rings. The van der Waals surface area contributed by atoms with Crippen LogP contribution in [0.1, 0.15) is 44.6 Å². The predicted octanol–water partition coefficient (Wildman–Crippen LogP) is 3.39. The minimum Gasteiger partial charge on any atom is -0.496 e. The van der Waals surface area contributed by atoms with Gasteiger partial charge in [-0.1, -0.05) is 25.4 Å². The zero-order chi connectivity index (χ0) is 18.6. The van der Waals surface area contributed by atoms with E-state index < -0.39 is 11.8 Å². The third-order valence-corrected chi connectivity index (χ3v) is 4.74. The lowest BCUT2D eigenvalue weighted by molar-refractivity contribution is 0.0846. The van der Waals surface area contributed by atoms with E-state index in [9.17, 15) is 9.59 Å². The number of benzene rings is 1. The van der Waals surface area contributed by atoms with Crippen molar-refractivity contribution in [2.24, 2.45) is 5.92 Å². The maximum Gasteiger partial charge on any atom is 0.281 e. The third kappa shape index (κ3) is 4.93. The number of carbonyl (C=O) groups is 2. The van der Waals surface area contributed by atoms with E-state index in [1.165, 1.54) is 30.6 Å². The zero-order valence-electron chi connectivity index (χ0n) is 14.5. The van der Waals surface area contributed by atoms with Crippen molar-refractivity contribution >= 4 is 34.8 Å². The maximum atomic E-state index is 12.3. The summed E-state index contributed by atoms with van der Waals surface area (Å²) in [6, 6.07) is 4.64. The third-order valence-electron chi connectivity index (χ3n) is 3.33. The molecule has 0 atom stereocenters. The second-order valence-electron chi connectivity index (χ2n) is 5.87. The molecule has 0 saturated heterocycles. The van der Waals surface area contributed by atoms with Gasteiger partial charge in [0.1, 0.15) is 10.6 Å². The van der Waals surface area contributed by atoms with E-state index in [1.807, 2.05) is 0 Å². The van der Waals surface area contributed by atoms with E-state index in [0.29, 0.717) is 27.3 Å². The second kappa shape index (κ2) is 8.31. The van der Waals surface area contributed by atoms with Gasteiger partial charge in [-0.2, -0.15) is 0 Å². The normalized spacial score (nSPS) is 10.6. The van der Waals surface area contributed by atoms with Crippen LogP contribution in [0.25, 0.3) is 0 Å². The summed E-state index contributed by atoms with van der Waals surface area (Å²) >= 11 is 7.21. The molecule has 2 rings (SSSR count). The average molecular weight is 382 g/mol. The molecule has 0 bridgehead atoms. The number of nitrogens with one attached hydrogen (secondary N) is 2. The molecule has 1 aromatic heterocycles. The first-order valence-corrected chi connectivity index (χ1v) is 8.91. The topological polar surface area (TPSA) is 80.3 Å². The highest BCUT2D eigenvalue weighted by Crippen LogP contribution is 2.23. The van der Waals surface area contributed by atoms with Gasteiger partial charge in [0, 0.05) is 11.4 Å². The predicted molar refractivity (Wildman–Crippen MR) is 98.3 cm³/mol. The number of methoxy groups -OCH3 is 1. The SMILES string of the molecule is COc1cc(Cl)ccc1C(=O)NNC(=O)c1sc(CC(C)C)nc1C. The fourth-order valence-corrected chi connectivity index (χ4v) is 3.52. The van der Waals surface area contributed by atoms with Gasteiger partial charge in [0.2, 0.25) is 0 Å². The Hall–Kier alpha value is -2.12. The maximum absolute atomic E-state index is 12.3. The molecule has 2 N–H and O–H groups in total. The zero-order valence-corrected chi connectivity index (χ0v) is 16.0. The first-order chi connectivity index (χ1) is 11.8. The molecule has 1 aromatic carbocycles. The molecule has 0 spiro atoms. The van der Waals surface area contributed by atoms with Crippen molar-refractivity contribution in [1.82, 2.24) is 15.8 Å². The number of hydrazine groups is 1. The number of amides is 2. The molecule has 0 aliphatic carbocycles. The van der Waals surface area contributed by atoms with E-state index in [-0.39, 0.29) is 5.56 Å². The fourth-order valence-electron chi connectivity index (χ4n) is 2.19. The van der Waals surface area contributed by atoms with Crippen LogP contribution in [-0.4, -0.2) is 23.9 Å². The lowest BCUT2D eigenvalue weighted by atomic mass is 10.1. The molecule has 0 fully saturated rings. The summed E-state index contributed by atoms with van der Waals surface area (Å²) in [5.74, 6) is -0.108. The molecular formula is C17H20ClN3O3S. The van der Waals surface area contributed by atoms with Crippen LogP contribution in [0.2, 0.25) is 5.02 Å². The number of hydrogen-bond donors (Lipinski definition) is 2. The van der Waals surface area contributed by atoms with Crippen LogP contribution in [-0.2, 0) is 6.42 Å². The standard InChI is InChI=1S/C17H20ClN3O3S/c1-9(2)7-14-19-10(3)15(25-14)17(23)21-20-16(22)12-6-5-11(18)8-13(12)24-4/h5-6,8-9H,7H2,1-4H3,(H,20,22)(H,21,23). The molecule has 1 heterocycles. The molecule has 0 radical (unpaired) electrons. The van der Waals surface area contributed by atoms with Crippen LogP contribution in [0.3, 0.4) is 0 Å². The van der Waals surface area contributed by atoms with Gasteiger partial charge in [-0.15, -0.1) is 11.3 Å². The number of carbonyl (C=O) groups excluding carboxylic acids is 2. The molecule has 6 nitrogen and oxygen atoms in total. The minimum atomic E-state index is -0.494. The summed E-state index contributed by atoms with van der Waals surface area (Å²) < 4.78 is 5.13. The van der Waals surface area contributed by atoms with Gasteiger partial charge in [-0.05, 0) is 31.0 Å². The van der Waals surface area contributed by atoms with Gasteiger partial charge >= 0.3 is 0 Å². The highest BCUT2D eigenvalue weighted by molar-refractivity contribution is 7.13. The fraction of sp³-hybridized carbons (Fsp3) is 0.353. The van der Waals surface area contributed by atoms with Gasteiger partial charge in [0.05, 0.1) is 23.4 Å².